The minimum atomic E-state index is -0.644. The van der Waals surface area contributed by atoms with Gasteiger partial charge in [0.25, 0.3) is 0 Å². The summed E-state index contributed by atoms with van der Waals surface area (Å²) in [6.45, 7) is 10.1. The van der Waals surface area contributed by atoms with E-state index in [4.69, 9.17) is 23.1 Å². The normalized spacial score (nSPS) is 20.7. The molecule has 1 aromatic rings. The van der Waals surface area contributed by atoms with Crippen molar-refractivity contribution in [3.63, 3.8) is 0 Å². The maximum atomic E-state index is 13.3. The number of hydrogen-bond donors (Lipinski definition) is 3. The van der Waals surface area contributed by atoms with Crippen molar-refractivity contribution in [2.45, 2.75) is 65.0 Å². The fourth-order valence-corrected chi connectivity index (χ4v) is 4.42. The zero-order valence-corrected chi connectivity index (χ0v) is 19.4. The van der Waals surface area contributed by atoms with Gasteiger partial charge in [-0.3, -0.25) is 9.59 Å². The van der Waals surface area contributed by atoms with E-state index in [2.05, 4.69) is 31.3 Å². The van der Waals surface area contributed by atoms with Crippen molar-refractivity contribution in [2.24, 2.45) is 22.8 Å². The van der Waals surface area contributed by atoms with Crippen LogP contribution in [0.4, 0.5) is 0 Å². The molecule has 0 radical (unpaired) electrons. The van der Waals surface area contributed by atoms with E-state index in [0.29, 0.717) is 38.4 Å². The summed E-state index contributed by atoms with van der Waals surface area (Å²) < 4.78 is 0. The molecule has 1 fully saturated rings. The van der Waals surface area contributed by atoms with Crippen molar-refractivity contribution in [1.82, 2.24) is 10.2 Å². The third kappa shape index (κ3) is 6.19. The highest BCUT2D eigenvalue weighted by molar-refractivity contribution is 6.30. The molecule has 1 aromatic carbocycles. The highest BCUT2D eigenvalue weighted by Gasteiger charge is 2.40. The molecule has 0 unspecified atom stereocenters. The first kappa shape index (κ1) is 24.6. The Bertz CT molecular complexity index is 720. The zero-order chi connectivity index (χ0) is 22.5. The molecule has 2 amide bonds. The van der Waals surface area contributed by atoms with E-state index in [0.717, 1.165) is 11.4 Å². The number of nitrogens with one attached hydrogen (secondary N) is 1. The Hall–Kier alpha value is -1.63. The van der Waals surface area contributed by atoms with Gasteiger partial charge in [0.15, 0.2) is 0 Å². The van der Waals surface area contributed by atoms with Crippen molar-refractivity contribution in [3.05, 3.63) is 34.9 Å². The van der Waals surface area contributed by atoms with Crippen molar-refractivity contribution in [2.75, 3.05) is 19.6 Å². The van der Waals surface area contributed by atoms with E-state index in [9.17, 15) is 9.59 Å². The maximum absolute atomic E-state index is 13.3. The van der Waals surface area contributed by atoms with Gasteiger partial charge in [-0.1, -0.05) is 51.4 Å². The highest BCUT2D eigenvalue weighted by atomic mass is 35.5. The molecule has 6 nitrogen and oxygen atoms in total. The van der Waals surface area contributed by atoms with E-state index >= 15 is 0 Å². The van der Waals surface area contributed by atoms with Gasteiger partial charge in [-0.2, -0.15) is 0 Å². The number of amides is 2. The third-order valence-electron chi connectivity index (χ3n) is 6.10. The van der Waals surface area contributed by atoms with Crippen molar-refractivity contribution in [3.8, 4) is 0 Å². The number of likely N-dealkylation sites (tertiary alicyclic amines) is 1. The first-order valence-corrected chi connectivity index (χ1v) is 11.2. The minimum Gasteiger partial charge on any atom is -0.343 e. The van der Waals surface area contributed by atoms with Gasteiger partial charge in [0.1, 0.15) is 6.04 Å². The molecule has 1 heterocycles. The Balaban J connectivity index is 2.07. The predicted octanol–water partition coefficient (Wildman–Crippen LogP) is 2.89. The van der Waals surface area contributed by atoms with E-state index in [1.165, 1.54) is 5.56 Å². The van der Waals surface area contributed by atoms with Crippen LogP contribution in [0.25, 0.3) is 0 Å². The second-order valence-corrected chi connectivity index (χ2v) is 9.85. The standard InChI is InChI=1S/C23H37ClN4O2/c1-15(2)20(27-21(29)19(26)6-5-12-25)22(30)28-13-11-18(23(3,4)14-28)16-7-9-17(24)10-8-16/h7-10,15,18-20H,5-6,11-14,25-26H2,1-4H3,(H,27,29)/t18-,19-,20-/m1/s1. The molecule has 5 N–H and O–H groups in total. The summed E-state index contributed by atoms with van der Waals surface area (Å²) in [6.07, 6.45) is 2.07. The fraction of sp³-hybridized carbons (Fsp3) is 0.652. The summed E-state index contributed by atoms with van der Waals surface area (Å²) in [5.74, 6) is -0.00586. The van der Waals surface area contributed by atoms with Crippen LogP contribution in [0.2, 0.25) is 5.02 Å². The summed E-state index contributed by atoms with van der Waals surface area (Å²) >= 11 is 6.04. The van der Waals surface area contributed by atoms with Crippen LogP contribution in [-0.2, 0) is 9.59 Å². The number of carbonyl (C=O) groups excluding carboxylic acids is 2. The maximum Gasteiger partial charge on any atom is 0.245 e. The Morgan fingerprint density at radius 2 is 1.90 bits per heavy atom. The molecule has 0 saturated carbocycles. The third-order valence-corrected chi connectivity index (χ3v) is 6.35. The zero-order valence-electron chi connectivity index (χ0n) is 18.7. The van der Waals surface area contributed by atoms with Crippen LogP contribution >= 0.6 is 11.6 Å². The second kappa shape index (κ2) is 10.6. The molecule has 1 aliphatic heterocycles. The molecule has 0 aliphatic carbocycles. The van der Waals surface area contributed by atoms with E-state index in [-0.39, 0.29) is 23.1 Å². The number of rotatable bonds is 8. The molecule has 1 aliphatic rings. The van der Waals surface area contributed by atoms with Crippen molar-refractivity contribution >= 4 is 23.4 Å². The summed E-state index contributed by atoms with van der Waals surface area (Å²) in [5, 5.41) is 3.61. The van der Waals surface area contributed by atoms with Gasteiger partial charge >= 0.3 is 0 Å². The lowest BCUT2D eigenvalue weighted by Crippen LogP contribution is -2.57. The first-order valence-electron chi connectivity index (χ1n) is 10.9. The van der Waals surface area contributed by atoms with Crippen LogP contribution in [0.15, 0.2) is 24.3 Å². The molecule has 1 saturated heterocycles. The highest BCUT2D eigenvalue weighted by Crippen LogP contribution is 2.42. The van der Waals surface area contributed by atoms with Crippen LogP contribution < -0.4 is 16.8 Å². The molecule has 3 atom stereocenters. The molecule has 7 heteroatoms. The molecule has 0 aromatic heterocycles. The summed E-state index contributed by atoms with van der Waals surface area (Å²) in [7, 11) is 0. The van der Waals surface area contributed by atoms with Gasteiger partial charge < -0.3 is 21.7 Å². The number of nitrogens with zero attached hydrogens (tertiary/aromatic N) is 1. The van der Waals surface area contributed by atoms with Crippen LogP contribution in [0.1, 0.15) is 58.4 Å². The monoisotopic (exact) mass is 436 g/mol. The van der Waals surface area contributed by atoms with Crippen LogP contribution in [0.5, 0.6) is 0 Å². The molecular weight excluding hydrogens is 400 g/mol. The summed E-state index contributed by atoms with van der Waals surface area (Å²) in [4.78, 5) is 27.7. The van der Waals surface area contributed by atoms with Crippen molar-refractivity contribution < 1.29 is 9.59 Å². The van der Waals surface area contributed by atoms with Gasteiger partial charge in [0.05, 0.1) is 6.04 Å². The number of nitrogens with two attached hydrogens (primary N) is 2. The molecule has 168 valence electrons. The van der Waals surface area contributed by atoms with E-state index in [1.54, 1.807) is 0 Å². The Kier molecular flexibility index (Phi) is 8.71. The molecule has 2 rings (SSSR count). The van der Waals surface area contributed by atoms with Crippen LogP contribution in [-0.4, -0.2) is 48.4 Å². The first-order chi connectivity index (χ1) is 14.1. The van der Waals surface area contributed by atoms with Gasteiger partial charge in [-0.15, -0.1) is 0 Å². The molecule has 0 bridgehead atoms. The Morgan fingerprint density at radius 3 is 2.43 bits per heavy atom. The number of hydrogen-bond acceptors (Lipinski definition) is 4. The second-order valence-electron chi connectivity index (χ2n) is 9.41. The predicted molar refractivity (Wildman–Crippen MR) is 122 cm³/mol. The summed E-state index contributed by atoms with van der Waals surface area (Å²) in [6, 6.07) is 6.77. The lowest BCUT2D eigenvalue weighted by Gasteiger charge is -2.45. The van der Waals surface area contributed by atoms with Crippen molar-refractivity contribution in [1.29, 1.82) is 0 Å². The summed E-state index contributed by atoms with van der Waals surface area (Å²) in [5.41, 5.74) is 12.6. The van der Waals surface area contributed by atoms with Gasteiger partial charge in [-0.25, -0.2) is 0 Å². The largest absolute Gasteiger partial charge is 0.343 e. The SMILES string of the molecule is CC(C)[C@@H](NC(=O)[C@H](N)CCCN)C(=O)N1CC[C@H](c2ccc(Cl)cc2)C(C)(C)C1. The van der Waals surface area contributed by atoms with E-state index in [1.807, 2.05) is 30.9 Å². The lowest BCUT2D eigenvalue weighted by atomic mass is 9.70. The number of piperidine rings is 1. The average molecular weight is 437 g/mol. The molecule has 0 spiro atoms. The lowest BCUT2D eigenvalue weighted by molar-refractivity contribution is -0.141. The minimum absolute atomic E-state index is 0.0275. The van der Waals surface area contributed by atoms with Gasteiger partial charge in [0, 0.05) is 18.1 Å². The smallest absolute Gasteiger partial charge is 0.245 e. The topological polar surface area (TPSA) is 101 Å². The van der Waals surface area contributed by atoms with Crippen LogP contribution in [0.3, 0.4) is 0 Å². The Morgan fingerprint density at radius 1 is 1.27 bits per heavy atom. The quantitative estimate of drug-likeness (QED) is 0.583. The number of carbonyl (C=O) groups is 2. The number of benzene rings is 1. The molecular formula is C23H37ClN4O2. The Labute approximate surface area is 185 Å². The van der Waals surface area contributed by atoms with Gasteiger partial charge in [-0.05, 0) is 60.8 Å². The van der Waals surface area contributed by atoms with E-state index < -0.39 is 12.1 Å². The fourth-order valence-electron chi connectivity index (χ4n) is 4.30. The van der Waals surface area contributed by atoms with Gasteiger partial charge in [0.2, 0.25) is 11.8 Å². The molecule has 30 heavy (non-hydrogen) atoms. The van der Waals surface area contributed by atoms with Crippen LogP contribution in [0, 0.1) is 11.3 Å². The average Bonchev–Trinajstić information content (AvgIpc) is 2.69. The number of halogens is 1.